The third-order valence-corrected chi connectivity index (χ3v) is 9.35. The third-order valence-electron chi connectivity index (χ3n) is 9.11. The van der Waals surface area contributed by atoms with Gasteiger partial charge < -0.3 is 23.9 Å². The van der Waals surface area contributed by atoms with Crippen molar-refractivity contribution in [2.24, 2.45) is 5.92 Å². The van der Waals surface area contributed by atoms with Crippen molar-refractivity contribution >= 4 is 28.6 Å². The third kappa shape index (κ3) is 5.51. The largest absolute Gasteiger partial charge is 0.478 e. The molecular weight excluding hydrogens is 630 g/mol. The Morgan fingerprint density at radius 2 is 1.83 bits per heavy atom. The summed E-state index contributed by atoms with van der Waals surface area (Å²) in [5.74, 6) is -5.14. The molecule has 7 rings (SSSR count). The van der Waals surface area contributed by atoms with Crippen LogP contribution in [-0.4, -0.2) is 57.5 Å². The van der Waals surface area contributed by atoms with Crippen molar-refractivity contribution in [2.75, 3.05) is 19.7 Å². The minimum atomic E-state index is -5.11. The van der Waals surface area contributed by atoms with Crippen LogP contribution in [0.15, 0.2) is 60.7 Å². The fraction of sp³-hybridized carbons (Fsp3) is 0.394. The second-order valence-electron chi connectivity index (χ2n) is 12.0. The highest BCUT2D eigenvalue weighted by Gasteiger charge is 2.65. The zero-order chi connectivity index (χ0) is 32.2. The van der Waals surface area contributed by atoms with Crippen molar-refractivity contribution in [3.8, 4) is 5.75 Å². The molecule has 1 aromatic heterocycles. The van der Waals surface area contributed by atoms with Gasteiger partial charge >= 0.3 is 17.9 Å². The molecule has 1 N–H and O–H groups in total. The van der Waals surface area contributed by atoms with Gasteiger partial charge in [0, 0.05) is 17.2 Å². The Morgan fingerprint density at radius 1 is 1.07 bits per heavy atom. The number of halogens is 5. The minimum absolute atomic E-state index is 0.0134. The molecule has 3 aromatic carbocycles. The van der Waals surface area contributed by atoms with E-state index in [1.165, 1.54) is 18.2 Å². The number of piperidine rings is 1. The molecule has 3 atom stereocenters. The number of nitrogens with zero attached hydrogens (tertiary/aromatic N) is 3. The smallest absolute Gasteiger partial charge is 0.460 e. The number of hydrogen-bond donors (Lipinski definition) is 1. The summed E-state index contributed by atoms with van der Waals surface area (Å²) in [6.45, 7) is 2.78. The Kier molecular flexibility index (Phi) is 7.95. The lowest BCUT2D eigenvalue weighted by Crippen LogP contribution is -2.54. The summed E-state index contributed by atoms with van der Waals surface area (Å²) in [4.78, 5) is 18.6. The van der Waals surface area contributed by atoms with Crippen molar-refractivity contribution < 1.29 is 41.7 Å². The van der Waals surface area contributed by atoms with E-state index >= 15 is 4.39 Å². The van der Waals surface area contributed by atoms with Crippen LogP contribution in [0, 0.1) is 11.7 Å². The van der Waals surface area contributed by atoms with Gasteiger partial charge in [-0.25, -0.2) is 14.2 Å². The highest BCUT2D eigenvalue weighted by molar-refractivity contribution is 6.30. The Morgan fingerprint density at radius 3 is 2.50 bits per heavy atom. The molecule has 0 aliphatic carbocycles. The van der Waals surface area contributed by atoms with Gasteiger partial charge in [-0.1, -0.05) is 29.8 Å². The Hall–Kier alpha value is -3.71. The highest BCUT2D eigenvalue weighted by Crippen LogP contribution is 2.54. The average Bonchev–Trinajstić information content (AvgIpc) is 3.34. The van der Waals surface area contributed by atoms with Crippen molar-refractivity contribution in [2.45, 2.75) is 56.5 Å². The van der Waals surface area contributed by atoms with Gasteiger partial charge in [0.25, 0.3) is 0 Å². The zero-order valence-corrected chi connectivity index (χ0v) is 25.2. The number of benzene rings is 3. The van der Waals surface area contributed by atoms with Gasteiger partial charge in [0.05, 0.1) is 47.5 Å². The number of carbonyl (C=O) groups is 1. The van der Waals surface area contributed by atoms with E-state index in [0.29, 0.717) is 62.2 Å². The molecule has 8 nitrogen and oxygen atoms in total. The number of alkyl halides is 3. The molecular formula is C33H30ClF4N3O5. The average molecular weight is 660 g/mol. The van der Waals surface area contributed by atoms with E-state index in [9.17, 15) is 23.1 Å². The maximum atomic E-state index is 15.1. The molecule has 0 saturated carbocycles. The molecule has 4 heterocycles. The molecule has 0 amide bonds. The fourth-order valence-corrected chi connectivity index (χ4v) is 6.77. The summed E-state index contributed by atoms with van der Waals surface area (Å²) in [6, 6.07) is 14.2. The monoisotopic (exact) mass is 659 g/mol. The molecule has 242 valence electrons. The number of carboxylic acids is 1. The second-order valence-corrected chi connectivity index (χ2v) is 12.4. The van der Waals surface area contributed by atoms with Crippen molar-refractivity contribution in [1.29, 1.82) is 0 Å². The predicted octanol–water partition coefficient (Wildman–Crippen LogP) is 7.09. The molecule has 2 saturated heterocycles. The number of para-hydroxylation sites is 1. The summed E-state index contributed by atoms with van der Waals surface area (Å²) < 4.78 is 78.9. The van der Waals surface area contributed by atoms with E-state index in [0.717, 1.165) is 24.4 Å². The van der Waals surface area contributed by atoms with Crippen LogP contribution in [0.4, 0.5) is 17.6 Å². The molecule has 13 heteroatoms. The van der Waals surface area contributed by atoms with Crippen molar-refractivity contribution in [3.63, 3.8) is 0 Å². The van der Waals surface area contributed by atoms with Crippen LogP contribution in [0.5, 0.6) is 5.75 Å². The lowest BCUT2D eigenvalue weighted by Gasteiger charge is -2.46. The molecule has 3 aliphatic heterocycles. The molecule has 0 radical (unpaired) electrons. The SMILES string of the molecule is O=C(O)c1ccc2nc(CN3CCC(C4OC(c5ccc(Cl)cc5F)(C(F)(F)F)Oc5ccccc54)CC3)n(C[C@@H]3CCO3)c2c1. The number of imidazole rings is 1. The zero-order valence-electron chi connectivity index (χ0n) is 24.5. The van der Waals surface area contributed by atoms with Crippen LogP contribution in [0.3, 0.4) is 0 Å². The van der Waals surface area contributed by atoms with Crippen LogP contribution in [-0.2, 0) is 28.4 Å². The first kappa shape index (κ1) is 30.9. The highest BCUT2D eigenvalue weighted by atomic mass is 35.5. The summed E-state index contributed by atoms with van der Waals surface area (Å²) in [5.41, 5.74) is 1.25. The van der Waals surface area contributed by atoms with Crippen molar-refractivity contribution in [3.05, 3.63) is 94.0 Å². The predicted molar refractivity (Wildman–Crippen MR) is 159 cm³/mol. The molecule has 2 fully saturated rings. The van der Waals surface area contributed by atoms with Gasteiger partial charge in [-0.3, -0.25) is 4.90 Å². The van der Waals surface area contributed by atoms with Gasteiger partial charge in [0.15, 0.2) is 0 Å². The standard InChI is InChI=1S/C33H30ClF4N3O5/c34-21-6-7-24(25(35)16-21)32(33(36,37)38)45-28-4-2-1-3-23(28)30(46-32)19-9-12-40(13-10-19)18-29-39-26-8-5-20(31(42)43)15-27(26)41(29)17-22-11-14-44-22/h1-8,15-16,19,22,30H,9-14,17-18H2,(H,42,43)/t22-,30?,32?/m0/s1. The van der Waals surface area contributed by atoms with Crippen LogP contribution in [0.1, 0.15) is 52.7 Å². The quantitative estimate of drug-likeness (QED) is 0.212. The van der Waals surface area contributed by atoms with Crippen LogP contribution < -0.4 is 4.74 Å². The Labute approximate surface area is 266 Å². The minimum Gasteiger partial charge on any atom is -0.478 e. The first-order chi connectivity index (χ1) is 22.0. The van der Waals surface area contributed by atoms with Gasteiger partial charge in [-0.2, -0.15) is 13.2 Å². The van der Waals surface area contributed by atoms with Crippen LogP contribution in [0.2, 0.25) is 5.02 Å². The van der Waals surface area contributed by atoms with E-state index in [1.54, 1.807) is 30.3 Å². The van der Waals surface area contributed by atoms with E-state index in [-0.39, 0.29) is 28.4 Å². The molecule has 0 spiro atoms. The fourth-order valence-electron chi connectivity index (χ4n) is 6.61. The topological polar surface area (TPSA) is 86.0 Å². The lowest BCUT2D eigenvalue weighted by atomic mass is 9.85. The summed E-state index contributed by atoms with van der Waals surface area (Å²) >= 11 is 5.86. The molecule has 4 aromatic rings. The Bertz CT molecular complexity index is 1790. The number of aromatic carboxylic acids is 1. The van der Waals surface area contributed by atoms with Gasteiger partial charge in [0.2, 0.25) is 0 Å². The second kappa shape index (κ2) is 11.8. The number of carboxylic acid groups (broad SMARTS) is 1. The van der Waals surface area contributed by atoms with Gasteiger partial charge in [0.1, 0.15) is 17.4 Å². The molecule has 2 unspecified atom stereocenters. The number of ether oxygens (including phenoxy) is 3. The maximum Gasteiger partial charge on any atom is 0.460 e. The van der Waals surface area contributed by atoms with E-state index < -0.39 is 35.4 Å². The molecule has 0 bridgehead atoms. The molecule has 3 aliphatic rings. The van der Waals surface area contributed by atoms with Gasteiger partial charge in [-0.15, -0.1) is 0 Å². The summed E-state index contributed by atoms with van der Waals surface area (Å²) in [6.07, 6.45) is -4.21. The first-order valence-electron chi connectivity index (χ1n) is 15.1. The number of rotatable bonds is 7. The normalized spacial score (nSPS) is 23.9. The Balaban J connectivity index is 1.15. The number of hydrogen-bond acceptors (Lipinski definition) is 6. The molecule has 46 heavy (non-hydrogen) atoms. The maximum absolute atomic E-state index is 15.1. The lowest BCUT2D eigenvalue weighted by molar-refractivity contribution is -0.389. The van der Waals surface area contributed by atoms with Gasteiger partial charge in [-0.05, 0) is 80.7 Å². The number of aromatic nitrogens is 2. The van der Waals surface area contributed by atoms with Crippen LogP contribution in [0.25, 0.3) is 11.0 Å². The van der Waals surface area contributed by atoms with E-state index in [4.69, 9.17) is 30.8 Å². The summed E-state index contributed by atoms with van der Waals surface area (Å²) in [5, 5.41) is 9.49. The van der Waals surface area contributed by atoms with E-state index in [2.05, 4.69) is 4.90 Å². The van der Waals surface area contributed by atoms with Crippen molar-refractivity contribution in [1.82, 2.24) is 14.5 Å². The van der Waals surface area contributed by atoms with Crippen LogP contribution >= 0.6 is 11.6 Å². The number of fused-ring (bicyclic) bond motifs is 2. The van der Waals surface area contributed by atoms with E-state index in [1.807, 2.05) is 4.57 Å². The summed E-state index contributed by atoms with van der Waals surface area (Å²) in [7, 11) is 0. The first-order valence-corrected chi connectivity index (χ1v) is 15.4. The number of likely N-dealkylation sites (tertiary alicyclic amines) is 1.